The van der Waals surface area contributed by atoms with Crippen molar-refractivity contribution < 1.29 is 13.2 Å². The van der Waals surface area contributed by atoms with Gasteiger partial charge in [-0.25, -0.2) is 22.4 Å². The molecule has 1 amide bonds. The van der Waals surface area contributed by atoms with E-state index in [1.54, 1.807) is 11.1 Å². The molecule has 3 aromatic rings. The second-order valence-electron chi connectivity index (χ2n) is 8.15. The molecule has 0 saturated carbocycles. The van der Waals surface area contributed by atoms with E-state index >= 15 is 0 Å². The maximum absolute atomic E-state index is 13.6. The first-order chi connectivity index (χ1) is 14.8. The van der Waals surface area contributed by atoms with Crippen molar-refractivity contribution in [2.24, 2.45) is 0 Å². The van der Waals surface area contributed by atoms with E-state index in [2.05, 4.69) is 5.10 Å². The summed E-state index contributed by atoms with van der Waals surface area (Å²) in [5, 5.41) is 5.19. The standard InChI is InChI=1S/C22H27N5O3S/c1-16(2)27-21-19(15-23-27)18(14-20(24-21)17-8-5-4-6-9-17)22(28)25-10-7-11-26(13-12-25)31(3,29)30/h4-6,8-9,14-16H,7,10-13H2,1-3H3. The minimum Gasteiger partial charge on any atom is -0.337 e. The minimum absolute atomic E-state index is 0.0977. The number of carbonyl (C=O) groups is 1. The highest BCUT2D eigenvalue weighted by atomic mass is 32.2. The monoisotopic (exact) mass is 441 g/mol. The summed E-state index contributed by atoms with van der Waals surface area (Å²) in [7, 11) is -3.27. The first-order valence-corrected chi connectivity index (χ1v) is 12.3. The molecule has 0 atom stereocenters. The molecule has 0 spiro atoms. The Morgan fingerprint density at radius 3 is 2.48 bits per heavy atom. The van der Waals surface area contributed by atoms with Gasteiger partial charge in [-0.3, -0.25) is 4.79 Å². The molecule has 3 heterocycles. The summed E-state index contributed by atoms with van der Waals surface area (Å²) in [4.78, 5) is 20.1. The number of carbonyl (C=O) groups excluding carboxylic acids is 1. The first kappa shape index (κ1) is 21.5. The summed E-state index contributed by atoms with van der Waals surface area (Å²) in [6, 6.07) is 11.7. The zero-order valence-electron chi connectivity index (χ0n) is 18.0. The number of rotatable bonds is 4. The molecule has 1 aliphatic heterocycles. The Labute approximate surface area is 182 Å². The normalized spacial score (nSPS) is 16.1. The average Bonchev–Trinajstić information content (AvgIpc) is 3.00. The highest BCUT2D eigenvalue weighted by molar-refractivity contribution is 7.88. The van der Waals surface area contributed by atoms with Crippen LogP contribution in [0.5, 0.6) is 0 Å². The van der Waals surface area contributed by atoms with Crippen LogP contribution >= 0.6 is 0 Å². The smallest absolute Gasteiger partial charge is 0.254 e. The van der Waals surface area contributed by atoms with Crippen molar-refractivity contribution in [3.63, 3.8) is 0 Å². The second-order valence-corrected chi connectivity index (χ2v) is 10.1. The van der Waals surface area contributed by atoms with Gasteiger partial charge in [0.1, 0.15) is 0 Å². The van der Waals surface area contributed by atoms with Crippen LogP contribution < -0.4 is 0 Å². The fourth-order valence-corrected chi connectivity index (χ4v) is 4.80. The predicted octanol–water partition coefficient (Wildman–Crippen LogP) is 2.79. The van der Waals surface area contributed by atoms with Gasteiger partial charge >= 0.3 is 0 Å². The van der Waals surface area contributed by atoms with E-state index in [1.165, 1.54) is 10.6 Å². The number of pyridine rings is 1. The van der Waals surface area contributed by atoms with E-state index in [0.717, 1.165) is 5.56 Å². The Bertz CT molecular complexity index is 1200. The summed E-state index contributed by atoms with van der Waals surface area (Å²) in [6.45, 7) is 5.64. The molecule has 0 unspecified atom stereocenters. The zero-order chi connectivity index (χ0) is 22.2. The Kier molecular flexibility index (Phi) is 5.81. The molecule has 4 rings (SSSR count). The van der Waals surface area contributed by atoms with Gasteiger partial charge in [0, 0.05) is 37.8 Å². The van der Waals surface area contributed by atoms with Crippen LogP contribution in [-0.2, 0) is 10.0 Å². The first-order valence-electron chi connectivity index (χ1n) is 10.4. The van der Waals surface area contributed by atoms with Gasteiger partial charge in [-0.1, -0.05) is 30.3 Å². The molecular weight excluding hydrogens is 414 g/mol. The average molecular weight is 442 g/mol. The molecule has 0 N–H and O–H groups in total. The van der Waals surface area contributed by atoms with Crippen LogP contribution in [0.3, 0.4) is 0 Å². The van der Waals surface area contributed by atoms with Gasteiger partial charge in [-0.2, -0.15) is 5.10 Å². The Morgan fingerprint density at radius 1 is 1.06 bits per heavy atom. The van der Waals surface area contributed by atoms with Crippen LogP contribution in [0.1, 0.15) is 36.7 Å². The molecule has 8 nitrogen and oxygen atoms in total. The zero-order valence-corrected chi connectivity index (χ0v) is 18.8. The van der Waals surface area contributed by atoms with Gasteiger partial charge in [-0.15, -0.1) is 0 Å². The van der Waals surface area contributed by atoms with Crippen molar-refractivity contribution in [1.82, 2.24) is 24.0 Å². The Hall–Kier alpha value is -2.78. The van der Waals surface area contributed by atoms with Gasteiger partial charge in [-0.05, 0) is 26.3 Å². The van der Waals surface area contributed by atoms with Crippen LogP contribution in [0.4, 0.5) is 0 Å². The van der Waals surface area contributed by atoms with Crippen molar-refractivity contribution in [2.75, 3.05) is 32.4 Å². The number of benzene rings is 1. The summed E-state index contributed by atoms with van der Waals surface area (Å²) >= 11 is 0. The minimum atomic E-state index is -3.27. The lowest BCUT2D eigenvalue weighted by atomic mass is 10.1. The lowest BCUT2D eigenvalue weighted by Gasteiger charge is -2.22. The number of nitrogens with zero attached hydrogens (tertiary/aromatic N) is 5. The maximum atomic E-state index is 13.6. The fraction of sp³-hybridized carbons (Fsp3) is 0.409. The number of amides is 1. The van der Waals surface area contributed by atoms with E-state index in [0.29, 0.717) is 54.9 Å². The number of hydrogen-bond donors (Lipinski definition) is 0. The summed E-state index contributed by atoms with van der Waals surface area (Å²) in [6.07, 6.45) is 3.51. The molecule has 2 aromatic heterocycles. The number of sulfonamides is 1. The molecule has 0 aliphatic carbocycles. The number of aromatic nitrogens is 3. The van der Waals surface area contributed by atoms with Crippen molar-refractivity contribution in [3.05, 3.63) is 48.2 Å². The molecule has 0 bridgehead atoms. The largest absolute Gasteiger partial charge is 0.337 e. The van der Waals surface area contributed by atoms with Gasteiger partial charge in [0.15, 0.2) is 5.65 Å². The third kappa shape index (κ3) is 4.33. The van der Waals surface area contributed by atoms with Gasteiger partial charge < -0.3 is 4.90 Å². The molecule has 1 aliphatic rings. The highest BCUT2D eigenvalue weighted by Gasteiger charge is 2.27. The second kappa shape index (κ2) is 8.39. The van der Waals surface area contributed by atoms with Crippen LogP contribution in [0.2, 0.25) is 0 Å². The van der Waals surface area contributed by atoms with Crippen LogP contribution in [0.25, 0.3) is 22.3 Å². The molecule has 1 saturated heterocycles. The van der Waals surface area contributed by atoms with E-state index in [9.17, 15) is 13.2 Å². The molecule has 164 valence electrons. The Morgan fingerprint density at radius 2 is 1.81 bits per heavy atom. The molecule has 0 radical (unpaired) electrons. The van der Waals surface area contributed by atoms with Gasteiger partial charge in [0.25, 0.3) is 5.91 Å². The van der Waals surface area contributed by atoms with Crippen molar-refractivity contribution >= 4 is 27.0 Å². The summed E-state index contributed by atoms with van der Waals surface area (Å²) < 4.78 is 27.1. The molecule has 1 aromatic carbocycles. The summed E-state index contributed by atoms with van der Waals surface area (Å²) in [5.74, 6) is -0.122. The molecular formula is C22H27N5O3S. The third-order valence-corrected chi connectivity index (χ3v) is 6.87. The van der Waals surface area contributed by atoms with E-state index < -0.39 is 10.0 Å². The lowest BCUT2D eigenvalue weighted by molar-refractivity contribution is 0.0766. The Balaban J connectivity index is 1.76. The lowest BCUT2D eigenvalue weighted by Crippen LogP contribution is -2.37. The molecule has 1 fully saturated rings. The van der Waals surface area contributed by atoms with Crippen molar-refractivity contribution in [2.45, 2.75) is 26.3 Å². The third-order valence-electron chi connectivity index (χ3n) is 5.57. The van der Waals surface area contributed by atoms with Crippen molar-refractivity contribution in [1.29, 1.82) is 0 Å². The predicted molar refractivity (Wildman–Crippen MR) is 120 cm³/mol. The SMILES string of the molecule is CC(C)n1ncc2c(C(=O)N3CCCN(S(C)(=O)=O)CC3)cc(-c3ccccc3)nc21. The van der Waals surface area contributed by atoms with Crippen LogP contribution in [0, 0.1) is 0 Å². The highest BCUT2D eigenvalue weighted by Crippen LogP contribution is 2.27. The summed E-state index contributed by atoms with van der Waals surface area (Å²) in [5.41, 5.74) is 2.86. The quantitative estimate of drug-likeness (QED) is 0.621. The molecule has 31 heavy (non-hydrogen) atoms. The molecule has 9 heteroatoms. The van der Waals surface area contributed by atoms with Crippen molar-refractivity contribution in [3.8, 4) is 11.3 Å². The number of hydrogen-bond acceptors (Lipinski definition) is 5. The van der Waals surface area contributed by atoms with Crippen LogP contribution in [-0.4, -0.2) is 70.7 Å². The van der Waals surface area contributed by atoms with Gasteiger partial charge in [0.05, 0.1) is 29.1 Å². The number of fused-ring (bicyclic) bond motifs is 1. The van der Waals surface area contributed by atoms with E-state index in [1.807, 2.05) is 54.9 Å². The van der Waals surface area contributed by atoms with Gasteiger partial charge in [0.2, 0.25) is 10.0 Å². The van der Waals surface area contributed by atoms with E-state index in [-0.39, 0.29) is 11.9 Å². The maximum Gasteiger partial charge on any atom is 0.254 e. The fourth-order valence-electron chi connectivity index (χ4n) is 3.93. The topological polar surface area (TPSA) is 88.4 Å². The van der Waals surface area contributed by atoms with E-state index in [4.69, 9.17) is 4.98 Å². The van der Waals surface area contributed by atoms with Crippen LogP contribution in [0.15, 0.2) is 42.6 Å².